The molecule has 4 heteroatoms. The Labute approximate surface area is 84.1 Å². The second-order valence-electron chi connectivity index (χ2n) is 4.49. The number of amides is 1. The minimum absolute atomic E-state index is 0.0425. The van der Waals surface area contributed by atoms with Gasteiger partial charge in [-0.3, -0.25) is 4.79 Å². The predicted molar refractivity (Wildman–Crippen MR) is 52.7 cm³/mol. The van der Waals surface area contributed by atoms with Crippen LogP contribution in [0.25, 0.3) is 0 Å². The molecule has 0 aromatic heterocycles. The van der Waals surface area contributed by atoms with Crippen LogP contribution in [0.4, 0.5) is 0 Å². The van der Waals surface area contributed by atoms with E-state index in [2.05, 4.69) is 17.6 Å². The number of nitrogens with one attached hydrogen (secondary N) is 2. The maximum Gasteiger partial charge on any atom is 0.237 e. The predicted octanol–water partition coefficient (Wildman–Crippen LogP) is -0.376. The molecule has 14 heavy (non-hydrogen) atoms. The average Bonchev–Trinajstić information content (AvgIpc) is 2.89. The first-order valence-corrected chi connectivity index (χ1v) is 5.38. The Morgan fingerprint density at radius 1 is 1.57 bits per heavy atom. The molecular weight excluding hydrogens is 180 g/mol. The van der Waals surface area contributed by atoms with Crippen LogP contribution in [0.3, 0.4) is 0 Å². The molecule has 1 unspecified atom stereocenters. The lowest BCUT2D eigenvalue weighted by molar-refractivity contribution is -0.123. The molecule has 0 radical (unpaired) electrons. The van der Waals surface area contributed by atoms with Crippen molar-refractivity contribution in [3.05, 3.63) is 0 Å². The van der Waals surface area contributed by atoms with Gasteiger partial charge in [-0.25, -0.2) is 0 Å². The van der Waals surface area contributed by atoms with Crippen LogP contribution in [-0.2, 0) is 4.79 Å². The van der Waals surface area contributed by atoms with E-state index in [0.717, 1.165) is 0 Å². The zero-order chi connectivity index (χ0) is 10.1. The molecule has 80 valence electrons. The molecule has 1 saturated heterocycles. The van der Waals surface area contributed by atoms with Gasteiger partial charge in [-0.15, -0.1) is 0 Å². The first-order chi connectivity index (χ1) is 6.66. The Morgan fingerprint density at radius 3 is 2.79 bits per heavy atom. The molecule has 2 aliphatic rings. The number of hydrogen-bond donors (Lipinski definition) is 3. The molecular formula is C10H18N2O2. The van der Waals surface area contributed by atoms with Crippen molar-refractivity contribution in [2.24, 2.45) is 5.92 Å². The summed E-state index contributed by atoms with van der Waals surface area (Å²) in [5.74, 6) is 0.728. The number of aliphatic hydroxyl groups excluding tert-OH is 1. The number of carbonyl (C=O) groups excluding carboxylic acids is 1. The number of β-amino-alcohol motifs (C(OH)–C–C–N with tert-alkyl or cyclic N) is 1. The average molecular weight is 198 g/mol. The lowest BCUT2D eigenvalue weighted by atomic mass is 10.1. The summed E-state index contributed by atoms with van der Waals surface area (Å²) in [5.41, 5.74) is 0. The summed E-state index contributed by atoms with van der Waals surface area (Å²) < 4.78 is 0. The molecule has 2 fully saturated rings. The van der Waals surface area contributed by atoms with Gasteiger partial charge in [0.25, 0.3) is 0 Å². The highest BCUT2D eigenvalue weighted by atomic mass is 16.3. The van der Waals surface area contributed by atoms with E-state index in [1.54, 1.807) is 0 Å². The normalized spacial score (nSPS) is 34.1. The fourth-order valence-electron chi connectivity index (χ4n) is 1.96. The van der Waals surface area contributed by atoms with Gasteiger partial charge in [0.15, 0.2) is 0 Å². The fourth-order valence-corrected chi connectivity index (χ4v) is 1.96. The third-order valence-electron chi connectivity index (χ3n) is 3.12. The summed E-state index contributed by atoms with van der Waals surface area (Å²) in [7, 11) is 0. The molecule has 0 aromatic rings. The van der Waals surface area contributed by atoms with Gasteiger partial charge >= 0.3 is 0 Å². The largest absolute Gasteiger partial charge is 0.392 e. The molecule has 3 N–H and O–H groups in total. The van der Waals surface area contributed by atoms with Crippen molar-refractivity contribution in [1.82, 2.24) is 10.6 Å². The highest BCUT2D eigenvalue weighted by molar-refractivity contribution is 5.82. The third-order valence-corrected chi connectivity index (χ3v) is 3.12. The van der Waals surface area contributed by atoms with Crippen molar-refractivity contribution < 1.29 is 9.90 Å². The Bertz CT molecular complexity index is 228. The van der Waals surface area contributed by atoms with Gasteiger partial charge < -0.3 is 15.7 Å². The lowest BCUT2D eigenvalue weighted by Crippen LogP contribution is -2.44. The molecule has 4 nitrogen and oxygen atoms in total. The third kappa shape index (κ3) is 2.25. The second kappa shape index (κ2) is 3.87. The maximum atomic E-state index is 11.6. The summed E-state index contributed by atoms with van der Waals surface area (Å²) in [4.78, 5) is 11.6. The van der Waals surface area contributed by atoms with Gasteiger partial charge in [0.2, 0.25) is 5.91 Å². The number of hydrogen-bond acceptors (Lipinski definition) is 3. The summed E-state index contributed by atoms with van der Waals surface area (Å²) in [6.45, 7) is 2.59. The van der Waals surface area contributed by atoms with E-state index in [4.69, 9.17) is 0 Å². The smallest absolute Gasteiger partial charge is 0.237 e. The maximum absolute atomic E-state index is 11.6. The first-order valence-electron chi connectivity index (χ1n) is 5.38. The molecule has 1 aliphatic heterocycles. The highest BCUT2D eigenvalue weighted by Gasteiger charge is 2.33. The van der Waals surface area contributed by atoms with Crippen molar-refractivity contribution in [2.75, 3.05) is 6.54 Å². The van der Waals surface area contributed by atoms with E-state index in [1.807, 2.05) is 0 Å². The zero-order valence-electron chi connectivity index (χ0n) is 8.49. The zero-order valence-corrected chi connectivity index (χ0v) is 8.49. The minimum Gasteiger partial charge on any atom is -0.392 e. The number of carbonyl (C=O) groups is 1. The number of aliphatic hydroxyl groups is 1. The Balaban J connectivity index is 1.77. The standard InChI is InChI=1S/C10H18N2O2/c1-6(7-2-3-7)12-10(14)9-4-8(13)5-11-9/h6-9,11,13H,2-5H2,1H3,(H,12,14)/t6?,8-,9-/m1/s1. The van der Waals surface area contributed by atoms with Crippen LogP contribution in [-0.4, -0.2) is 35.7 Å². The van der Waals surface area contributed by atoms with E-state index in [9.17, 15) is 9.90 Å². The lowest BCUT2D eigenvalue weighted by Gasteiger charge is -2.16. The molecule has 2 rings (SSSR count). The molecule has 1 aliphatic carbocycles. The van der Waals surface area contributed by atoms with Gasteiger partial charge in [0, 0.05) is 12.6 Å². The van der Waals surface area contributed by atoms with E-state index in [-0.39, 0.29) is 18.1 Å². The van der Waals surface area contributed by atoms with E-state index in [0.29, 0.717) is 24.9 Å². The molecule has 0 spiro atoms. The van der Waals surface area contributed by atoms with Crippen LogP contribution in [0, 0.1) is 5.92 Å². The van der Waals surface area contributed by atoms with Crippen molar-refractivity contribution in [2.45, 2.75) is 44.4 Å². The monoisotopic (exact) mass is 198 g/mol. The van der Waals surface area contributed by atoms with Gasteiger partial charge in [-0.1, -0.05) is 0 Å². The van der Waals surface area contributed by atoms with Gasteiger partial charge in [0.1, 0.15) is 0 Å². The van der Waals surface area contributed by atoms with Gasteiger partial charge in [-0.05, 0) is 32.1 Å². The van der Waals surface area contributed by atoms with Crippen LogP contribution in [0.1, 0.15) is 26.2 Å². The van der Waals surface area contributed by atoms with Gasteiger partial charge in [0.05, 0.1) is 12.1 Å². The molecule has 0 bridgehead atoms. The topological polar surface area (TPSA) is 61.4 Å². The SMILES string of the molecule is CC(NC(=O)[C@H]1C[C@@H](O)CN1)C1CC1. The summed E-state index contributed by atoms with van der Waals surface area (Å²) in [6, 6.07) is 0.105. The van der Waals surface area contributed by atoms with E-state index in [1.165, 1.54) is 12.8 Å². The van der Waals surface area contributed by atoms with Crippen molar-refractivity contribution in [1.29, 1.82) is 0 Å². The molecule has 3 atom stereocenters. The van der Waals surface area contributed by atoms with E-state index < -0.39 is 0 Å². The summed E-state index contributed by atoms with van der Waals surface area (Å²) in [5, 5.41) is 15.3. The summed E-state index contributed by atoms with van der Waals surface area (Å²) >= 11 is 0. The second-order valence-corrected chi connectivity index (χ2v) is 4.49. The number of rotatable bonds is 3. The Hall–Kier alpha value is -0.610. The van der Waals surface area contributed by atoms with Crippen LogP contribution in [0.5, 0.6) is 0 Å². The van der Waals surface area contributed by atoms with Crippen molar-refractivity contribution >= 4 is 5.91 Å². The molecule has 0 aromatic carbocycles. The van der Waals surface area contributed by atoms with Crippen LogP contribution in [0.15, 0.2) is 0 Å². The first kappa shape index (κ1) is 9.93. The quantitative estimate of drug-likeness (QED) is 0.579. The Kier molecular flexibility index (Phi) is 2.74. The van der Waals surface area contributed by atoms with Gasteiger partial charge in [-0.2, -0.15) is 0 Å². The van der Waals surface area contributed by atoms with Crippen molar-refractivity contribution in [3.8, 4) is 0 Å². The molecule has 1 heterocycles. The molecule has 1 amide bonds. The molecule has 1 saturated carbocycles. The minimum atomic E-state index is -0.359. The van der Waals surface area contributed by atoms with E-state index >= 15 is 0 Å². The van der Waals surface area contributed by atoms with Crippen LogP contribution in [0.2, 0.25) is 0 Å². The van der Waals surface area contributed by atoms with Crippen molar-refractivity contribution in [3.63, 3.8) is 0 Å². The Morgan fingerprint density at radius 2 is 2.29 bits per heavy atom. The highest BCUT2D eigenvalue weighted by Crippen LogP contribution is 2.32. The van der Waals surface area contributed by atoms with Crippen LogP contribution >= 0.6 is 0 Å². The summed E-state index contributed by atoms with van der Waals surface area (Å²) in [6.07, 6.45) is 2.66. The van der Waals surface area contributed by atoms with Crippen LogP contribution < -0.4 is 10.6 Å². The fraction of sp³-hybridized carbons (Fsp3) is 0.900.